The van der Waals surface area contributed by atoms with E-state index in [0.717, 1.165) is 68.4 Å². The van der Waals surface area contributed by atoms with E-state index in [1.165, 1.54) is 0 Å². The predicted octanol–water partition coefficient (Wildman–Crippen LogP) is 10.2. The molecular formula is C42H50N2O3. The Hall–Kier alpha value is -4.90. The van der Waals surface area contributed by atoms with Crippen LogP contribution in [0, 0.1) is 13.8 Å². The Kier molecular flexibility index (Phi) is 13.8. The molecule has 0 spiro atoms. The maximum atomic E-state index is 13.1. The highest BCUT2D eigenvalue weighted by atomic mass is 16.5. The van der Waals surface area contributed by atoms with Gasteiger partial charge in [-0.25, -0.2) is 4.79 Å². The number of hydrogen-bond donors (Lipinski definition) is 1. The second kappa shape index (κ2) is 17.7. The van der Waals surface area contributed by atoms with Crippen molar-refractivity contribution in [1.82, 2.24) is 9.88 Å². The lowest BCUT2D eigenvalue weighted by atomic mass is 9.96. The molecule has 1 N–H and O–H groups in total. The van der Waals surface area contributed by atoms with Crippen LogP contribution in [0.3, 0.4) is 0 Å². The van der Waals surface area contributed by atoms with Crippen LogP contribution in [0.25, 0.3) is 22.0 Å². The zero-order chi connectivity index (χ0) is 34.5. The smallest absolute Gasteiger partial charge is 0.338 e. The number of aryl methyl sites for hydroxylation is 1. The number of fused-ring (bicyclic) bond motifs is 1. The van der Waals surface area contributed by atoms with Gasteiger partial charge in [0, 0.05) is 35.2 Å². The van der Waals surface area contributed by atoms with Gasteiger partial charge in [-0.2, -0.15) is 0 Å². The molecule has 4 rings (SSSR count). The van der Waals surface area contributed by atoms with E-state index in [9.17, 15) is 9.59 Å². The molecule has 0 atom stereocenters. The number of aromatic nitrogens is 1. The van der Waals surface area contributed by atoms with E-state index in [-0.39, 0.29) is 11.9 Å². The molecule has 3 aromatic carbocycles. The molecule has 246 valence electrons. The highest BCUT2D eigenvalue weighted by Crippen LogP contribution is 2.29. The van der Waals surface area contributed by atoms with Gasteiger partial charge in [-0.1, -0.05) is 101 Å². The van der Waals surface area contributed by atoms with Gasteiger partial charge in [0.25, 0.3) is 5.91 Å². The summed E-state index contributed by atoms with van der Waals surface area (Å²) in [6, 6.07) is 22.3. The Balaban J connectivity index is 0.00000294. The van der Waals surface area contributed by atoms with Crippen LogP contribution < -0.4 is 5.32 Å². The molecule has 0 aliphatic heterocycles. The minimum absolute atomic E-state index is 0.100. The second-order valence-electron chi connectivity index (χ2n) is 11.4. The van der Waals surface area contributed by atoms with Crippen molar-refractivity contribution in [1.29, 1.82) is 0 Å². The van der Waals surface area contributed by atoms with E-state index < -0.39 is 0 Å². The van der Waals surface area contributed by atoms with Crippen molar-refractivity contribution < 1.29 is 14.3 Å². The largest absolute Gasteiger partial charge is 0.462 e. The summed E-state index contributed by atoms with van der Waals surface area (Å²) in [6.07, 6.45) is 7.06. The van der Waals surface area contributed by atoms with E-state index in [4.69, 9.17) is 4.74 Å². The summed E-state index contributed by atoms with van der Waals surface area (Å²) < 4.78 is 7.79. The van der Waals surface area contributed by atoms with Gasteiger partial charge in [-0.15, -0.1) is 0 Å². The van der Waals surface area contributed by atoms with E-state index in [2.05, 4.69) is 62.0 Å². The number of allylic oxidation sites excluding steroid dienone is 4. The monoisotopic (exact) mass is 630 g/mol. The van der Waals surface area contributed by atoms with Gasteiger partial charge in [0.1, 0.15) is 0 Å². The van der Waals surface area contributed by atoms with Gasteiger partial charge in [0.05, 0.1) is 12.2 Å². The van der Waals surface area contributed by atoms with Gasteiger partial charge in [0.15, 0.2) is 0 Å². The first-order chi connectivity index (χ1) is 22.7. The first-order valence-electron chi connectivity index (χ1n) is 16.6. The zero-order valence-electron chi connectivity index (χ0n) is 29.2. The number of carbonyl (C=O) groups excluding carboxylic acids is 2. The van der Waals surface area contributed by atoms with Crippen LogP contribution in [0.4, 0.5) is 0 Å². The average molecular weight is 631 g/mol. The molecule has 1 heterocycles. The summed E-state index contributed by atoms with van der Waals surface area (Å²) in [5.41, 5.74) is 10.5. The van der Waals surface area contributed by atoms with Crippen molar-refractivity contribution in [2.45, 2.75) is 74.4 Å². The average Bonchev–Trinajstić information content (AvgIpc) is 3.32. The Morgan fingerprint density at radius 3 is 2.28 bits per heavy atom. The molecule has 0 aliphatic rings. The van der Waals surface area contributed by atoms with Gasteiger partial charge >= 0.3 is 5.97 Å². The third-order valence-electron chi connectivity index (χ3n) is 8.19. The third kappa shape index (κ3) is 9.10. The topological polar surface area (TPSA) is 60.3 Å². The minimum Gasteiger partial charge on any atom is -0.462 e. The molecular weight excluding hydrogens is 580 g/mol. The standard InChI is InChI=1S/C40H44N2O3.C2H6/c1-8-11-22-45-40(44)36(13-9-2)35(10-3)32-18-16-30(17-19-32)26-42-29(7)28(6)37-24-34(20-21-38(37)42)39(43)41-25-31-14-12-15-33(23-31)27(4)5;1-2/h9-10,12-21,23-24H,2,4,8,11,22,25-26H2,1,3,5-7H3,(H,41,43);1-2H3/b35-10-,36-13+;. The second-order valence-corrected chi connectivity index (χ2v) is 11.4. The van der Waals surface area contributed by atoms with E-state index >= 15 is 0 Å². The van der Waals surface area contributed by atoms with Crippen LogP contribution in [0.5, 0.6) is 0 Å². The van der Waals surface area contributed by atoms with E-state index in [1.807, 2.05) is 82.3 Å². The lowest BCUT2D eigenvalue weighted by molar-refractivity contribution is -0.138. The number of nitrogens with zero attached hydrogens (tertiary/aromatic N) is 1. The fourth-order valence-corrected chi connectivity index (χ4v) is 5.45. The van der Waals surface area contributed by atoms with Crippen molar-refractivity contribution >= 4 is 33.9 Å². The summed E-state index contributed by atoms with van der Waals surface area (Å²) in [4.78, 5) is 26.0. The molecule has 0 unspecified atom stereocenters. The van der Waals surface area contributed by atoms with Crippen molar-refractivity contribution in [3.8, 4) is 0 Å². The number of rotatable bonds is 13. The van der Waals surface area contributed by atoms with Crippen molar-refractivity contribution in [3.05, 3.63) is 143 Å². The van der Waals surface area contributed by atoms with Crippen molar-refractivity contribution in [2.24, 2.45) is 0 Å². The summed E-state index contributed by atoms with van der Waals surface area (Å²) >= 11 is 0. The molecule has 0 fully saturated rings. The summed E-state index contributed by atoms with van der Waals surface area (Å²) in [5, 5.41) is 4.13. The number of amides is 1. The van der Waals surface area contributed by atoms with E-state index in [0.29, 0.717) is 30.8 Å². The van der Waals surface area contributed by atoms with Crippen LogP contribution in [0.2, 0.25) is 0 Å². The fourth-order valence-electron chi connectivity index (χ4n) is 5.45. The SMILES string of the molecule is C=C/C=C(C(=O)OCCCC)\C(=C/C)c1ccc(Cn2c(C)c(C)c3cc(C(=O)NCc4cccc(C(=C)C)c4)ccc32)cc1.CC. The number of unbranched alkanes of at least 4 members (excludes halogenated alkanes) is 1. The Morgan fingerprint density at radius 1 is 0.936 bits per heavy atom. The summed E-state index contributed by atoms with van der Waals surface area (Å²) in [7, 11) is 0. The summed E-state index contributed by atoms with van der Waals surface area (Å²) in [6.45, 7) is 23.5. The van der Waals surface area contributed by atoms with E-state index in [1.54, 1.807) is 12.2 Å². The molecule has 0 radical (unpaired) electrons. The molecule has 0 bridgehead atoms. The fraction of sp³-hybridized carbons (Fsp3) is 0.286. The third-order valence-corrected chi connectivity index (χ3v) is 8.19. The maximum Gasteiger partial charge on any atom is 0.338 e. The highest BCUT2D eigenvalue weighted by Gasteiger charge is 2.18. The van der Waals surface area contributed by atoms with Gasteiger partial charge in [0.2, 0.25) is 0 Å². The van der Waals surface area contributed by atoms with Gasteiger partial charge in [-0.3, -0.25) is 4.79 Å². The van der Waals surface area contributed by atoms with Crippen LogP contribution in [-0.2, 0) is 22.6 Å². The molecule has 0 aliphatic carbocycles. The Bertz CT molecular complexity index is 1780. The predicted molar refractivity (Wildman–Crippen MR) is 198 cm³/mol. The van der Waals surface area contributed by atoms with Crippen LogP contribution in [-0.4, -0.2) is 23.1 Å². The lowest BCUT2D eigenvalue weighted by Crippen LogP contribution is -2.22. The Morgan fingerprint density at radius 2 is 1.64 bits per heavy atom. The number of nitrogens with one attached hydrogen (secondary N) is 1. The number of carbonyl (C=O) groups is 2. The minimum atomic E-state index is -0.338. The maximum absolute atomic E-state index is 13.1. The number of benzene rings is 3. The normalized spacial score (nSPS) is 11.5. The van der Waals surface area contributed by atoms with Crippen molar-refractivity contribution in [2.75, 3.05) is 6.61 Å². The highest BCUT2D eigenvalue weighted by molar-refractivity contribution is 6.06. The molecule has 0 saturated carbocycles. The van der Waals surface area contributed by atoms with Gasteiger partial charge in [-0.05, 0) is 97.8 Å². The van der Waals surface area contributed by atoms with Crippen LogP contribution in [0.15, 0.2) is 104 Å². The molecule has 47 heavy (non-hydrogen) atoms. The van der Waals surface area contributed by atoms with Crippen molar-refractivity contribution in [3.63, 3.8) is 0 Å². The molecule has 5 heteroatoms. The number of hydrogen-bond acceptors (Lipinski definition) is 3. The summed E-state index contributed by atoms with van der Waals surface area (Å²) in [5.74, 6) is -0.438. The lowest BCUT2D eigenvalue weighted by Gasteiger charge is -2.14. The number of esters is 1. The molecule has 4 aromatic rings. The molecule has 5 nitrogen and oxygen atoms in total. The molecule has 1 amide bonds. The number of ether oxygens (including phenoxy) is 1. The quantitative estimate of drug-likeness (QED) is 0.0692. The van der Waals surface area contributed by atoms with Crippen LogP contribution >= 0.6 is 0 Å². The van der Waals surface area contributed by atoms with Gasteiger partial charge < -0.3 is 14.6 Å². The molecule has 1 aromatic heterocycles. The van der Waals surface area contributed by atoms with Crippen LogP contribution in [0.1, 0.15) is 91.3 Å². The Labute approximate surface area is 281 Å². The first-order valence-corrected chi connectivity index (χ1v) is 16.6. The first kappa shape index (κ1) is 36.6. The zero-order valence-corrected chi connectivity index (χ0v) is 29.2. The molecule has 0 saturated heterocycles.